The van der Waals surface area contributed by atoms with E-state index in [2.05, 4.69) is 35.2 Å². The number of ether oxygens (including phenoxy) is 2. The Kier molecular flexibility index (Phi) is 13.3. The van der Waals surface area contributed by atoms with E-state index in [9.17, 15) is 8.78 Å². The van der Waals surface area contributed by atoms with Crippen LogP contribution in [0, 0.1) is 25.5 Å². The predicted molar refractivity (Wildman–Crippen MR) is 249 cm³/mol. The zero-order valence-corrected chi connectivity index (χ0v) is 37.6. The van der Waals surface area contributed by atoms with Gasteiger partial charge in [0.2, 0.25) is 11.2 Å². The number of anilines is 5. The van der Waals surface area contributed by atoms with Crippen LogP contribution in [0.1, 0.15) is 34.6 Å². The molecule has 10 rings (SSSR count). The summed E-state index contributed by atoms with van der Waals surface area (Å²) in [4.78, 5) is 29.2. The Bertz CT molecular complexity index is 2970. The van der Waals surface area contributed by atoms with E-state index in [1.807, 2.05) is 86.3 Å². The van der Waals surface area contributed by atoms with Crippen LogP contribution in [-0.4, -0.2) is 66.3 Å². The summed E-state index contributed by atoms with van der Waals surface area (Å²) >= 11 is 18.5. The van der Waals surface area contributed by atoms with Gasteiger partial charge in [-0.3, -0.25) is 0 Å². The maximum Gasteiger partial charge on any atom is 0.229 e. The van der Waals surface area contributed by atoms with Gasteiger partial charge in [-0.2, -0.15) is 9.97 Å². The third-order valence-electron chi connectivity index (χ3n) is 10.5. The van der Waals surface area contributed by atoms with Gasteiger partial charge in [0.25, 0.3) is 0 Å². The molecule has 2 aliphatic heterocycles. The lowest BCUT2D eigenvalue weighted by molar-refractivity contribution is 0.265. The number of rotatable bonds is 6. The van der Waals surface area contributed by atoms with Crippen molar-refractivity contribution < 1.29 is 18.3 Å². The Labute approximate surface area is 388 Å². The van der Waals surface area contributed by atoms with Crippen molar-refractivity contribution in [2.45, 2.75) is 25.9 Å². The number of nitrogens with two attached hydrogens (primary N) is 1. The van der Waals surface area contributed by atoms with E-state index in [0.717, 1.165) is 22.5 Å². The summed E-state index contributed by atoms with van der Waals surface area (Å²) in [5, 5.41) is 4.66. The number of likely N-dealkylation sites (N-methyl/N-ethyl adjacent to an activating group) is 2. The quantitative estimate of drug-likeness (QED) is 0.121. The molecule has 0 fully saturated rings. The first-order valence-electron chi connectivity index (χ1n) is 20.1. The Hall–Kier alpha value is -7.01. The fourth-order valence-electron chi connectivity index (χ4n) is 7.18. The van der Waals surface area contributed by atoms with Crippen molar-refractivity contribution in [3.05, 3.63) is 172 Å². The summed E-state index contributed by atoms with van der Waals surface area (Å²) in [5.74, 6) is 2.13. The molecular formula is C46H41Cl3F2N12O2. The topological polar surface area (TPSA) is 150 Å². The highest BCUT2D eigenvalue weighted by Gasteiger charge is 2.31. The Morgan fingerprint density at radius 1 is 0.646 bits per heavy atom. The van der Waals surface area contributed by atoms with Crippen LogP contribution in [-0.2, 0) is 0 Å². The highest BCUT2D eigenvalue weighted by Crippen LogP contribution is 2.40. The molecule has 0 saturated carbocycles. The molecule has 2 aliphatic rings. The van der Waals surface area contributed by atoms with E-state index in [1.54, 1.807) is 70.8 Å². The third kappa shape index (κ3) is 10.0. The number of hydrogen-bond acceptors (Lipinski definition) is 12. The molecule has 0 amide bonds. The summed E-state index contributed by atoms with van der Waals surface area (Å²) in [5.41, 5.74) is 10.9. The maximum absolute atomic E-state index is 14.7. The van der Waals surface area contributed by atoms with E-state index < -0.39 is 0 Å². The van der Waals surface area contributed by atoms with Gasteiger partial charge in [0.15, 0.2) is 23.1 Å². The van der Waals surface area contributed by atoms with E-state index in [4.69, 9.17) is 50.0 Å². The molecule has 65 heavy (non-hydrogen) atoms. The summed E-state index contributed by atoms with van der Waals surface area (Å²) in [6.45, 7) is 4.64. The number of nitrogen functional groups attached to an aromatic ring is 1. The molecule has 4 aromatic heterocycles. The molecule has 0 aliphatic carbocycles. The van der Waals surface area contributed by atoms with Crippen molar-refractivity contribution in [1.29, 1.82) is 0 Å². The molecule has 6 heterocycles. The van der Waals surface area contributed by atoms with Crippen molar-refractivity contribution >= 4 is 63.8 Å². The summed E-state index contributed by atoms with van der Waals surface area (Å²) in [6, 6.07) is 24.7. The molecule has 2 atom stereocenters. The molecule has 19 heteroatoms. The van der Waals surface area contributed by atoms with Crippen molar-refractivity contribution in [3.63, 3.8) is 0 Å². The molecule has 3 N–H and O–H groups in total. The minimum absolute atomic E-state index is 0.00664. The van der Waals surface area contributed by atoms with Gasteiger partial charge < -0.3 is 39.5 Å². The van der Waals surface area contributed by atoms with Gasteiger partial charge in [0.1, 0.15) is 24.8 Å². The normalized spacial score (nSPS) is 15.0. The van der Waals surface area contributed by atoms with E-state index in [1.165, 1.54) is 12.1 Å². The van der Waals surface area contributed by atoms with Crippen LogP contribution in [0.3, 0.4) is 0 Å². The van der Waals surface area contributed by atoms with Crippen LogP contribution < -0.4 is 30.3 Å². The molecule has 8 aromatic rings. The highest BCUT2D eigenvalue weighted by atomic mass is 35.5. The Morgan fingerprint density at radius 3 is 1.66 bits per heavy atom. The Balaban J connectivity index is 0.000000147. The van der Waals surface area contributed by atoms with Gasteiger partial charge in [-0.15, -0.1) is 0 Å². The van der Waals surface area contributed by atoms with E-state index in [-0.39, 0.29) is 29.0 Å². The van der Waals surface area contributed by atoms with Gasteiger partial charge in [-0.1, -0.05) is 59.6 Å². The van der Waals surface area contributed by atoms with Gasteiger partial charge in [-0.05, 0) is 85.1 Å². The molecule has 0 bridgehead atoms. The zero-order chi connectivity index (χ0) is 45.8. The maximum atomic E-state index is 14.7. The fourth-order valence-corrected chi connectivity index (χ4v) is 7.83. The monoisotopic (exact) mass is 936 g/mol. The summed E-state index contributed by atoms with van der Waals surface area (Å²) < 4.78 is 43.0. The average molecular weight is 938 g/mol. The smallest absolute Gasteiger partial charge is 0.229 e. The van der Waals surface area contributed by atoms with Crippen LogP contribution in [0.2, 0.25) is 15.3 Å². The lowest BCUT2D eigenvalue weighted by Crippen LogP contribution is -2.34. The number of aromatic nitrogens is 8. The van der Waals surface area contributed by atoms with Gasteiger partial charge >= 0.3 is 0 Å². The SMILES string of the molecule is CN1c2nc(Cl)ncc2OCC1c1ccccc1Cl.Cc1cn(-c2ccc(N)cc2F)cn1.Cc1cn(-c2ccc(Nc3ncc4c(n3)N(C)C(c3ccccc3Cl)CO4)cc2F)cn1. The second kappa shape index (κ2) is 19.4. The van der Waals surface area contributed by atoms with Crippen molar-refractivity contribution in [2.75, 3.05) is 48.2 Å². The molecule has 4 aromatic carbocycles. The van der Waals surface area contributed by atoms with Gasteiger partial charge in [-0.25, -0.2) is 28.7 Å². The first-order valence-corrected chi connectivity index (χ1v) is 21.2. The third-order valence-corrected chi connectivity index (χ3v) is 11.4. The molecule has 0 radical (unpaired) electrons. The van der Waals surface area contributed by atoms with Gasteiger partial charge in [0.05, 0.1) is 59.9 Å². The van der Waals surface area contributed by atoms with Gasteiger partial charge in [0, 0.05) is 47.9 Å². The second-order valence-electron chi connectivity index (χ2n) is 15.0. The van der Waals surface area contributed by atoms with Crippen LogP contribution in [0.15, 0.2) is 122 Å². The number of fused-ring (bicyclic) bond motifs is 2. The second-order valence-corrected chi connectivity index (χ2v) is 16.1. The minimum atomic E-state index is -0.385. The predicted octanol–water partition coefficient (Wildman–Crippen LogP) is 10.3. The van der Waals surface area contributed by atoms with E-state index >= 15 is 0 Å². The number of halogens is 5. The van der Waals surface area contributed by atoms with Crippen molar-refractivity contribution in [3.8, 4) is 22.9 Å². The summed E-state index contributed by atoms with van der Waals surface area (Å²) in [7, 11) is 3.88. The molecule has 0 saturated heterocycles. The number of nitrogens with zero attached hydrogens (tertiary/aromatic N) is 10. The standard InChI is InChI=1S/C23H20ClFN6O.C13H11Cl2N3O.C10H10FN3/c1-14-11-31(13-27-14)19-8-7-15(9-18(19)25)28-23-26-10-21-22(29-23)30(2)20(12-32-21)16-5-3-4-6-17(16)24;1-18-10(8-4-2-3-5-9(8)14)7-19-11-6-16-13(15)17-12(11)18;1-7-5-14(6-13-7)10-3-2-8(12)4-9(10)11/h3-11,13,20H,12H2,1-2H3,(H,26,28,29);2-6,10H,7H2,1H3;2-6H,12H2,1H3. The number of hydrogen-bond donors (Lipinski definition) is 2. The lowest BCUT2D eigenvalue weighted by atomic mass is 10.1. The molecule has 14 nitrogen and oxygen atoms in total. The van der Waals surface area contributed by atoms with Crippen LogP contribution >= 0.6 is 34.8 Å². The largest absolute Gasteiger partial charge is 0.486 e. The Morgan fingerprint density at radius 2 is 1.15 bits per heavy atom. The average Bonchev–Trinajstić information content (AvgIpc) is 3.93. The van der Waals surface area contributed by atoms with Crippen molar-refractivity contribution in [1.82, 2.24) is 39.0 Å². The first kappa shape index (κ1) is 44.6. The molecule has 2 unspecified atom stereocenters. The lowest BCUT2D eigenvalue weighted by Gasteiger charge is -2.35. The van der Waals surface area contributed by atoms with E-state index in [0.29, 0.717) is 75.1 Å². The zero-order valence-electron chi connectivity index (χ0n) is 35.4. The number of nitrogens with one attached hydrogen (secondary N) is 1. The van der Waals surface area contributed by atoms with Crippen molar-refractivity contribution in [2.24, 2.45) is 0 Å². The number of aryl methyl sites for hydroxylation is 2. The molecular weight excluding hydrogens is 897 g/mol. The van der Waals surface area contributed by atoms with Crippen LogP contribution in [0.25, 0.3) is 11.4 Å². The number of imidazole rings is 2. The van der Waals surface area contributed by atoms with Crippen LogP contribution in [0.5, 0.6) is 11.5 Å². The highest BCUT2D eigenvalue weighted by molar-refractivity contribution is 6.31. The fraction of sp³-hybridized carbons (Fsp3) is 0.174. The first-order chi connectivity index (χ1) is 31.3. The minimum Gasteiger partial charge on any atom is -0.486 e. The molecule has 332 valence electrons. The van der Waals surface area contributed by atoms with Crippen LogP contribution in [0.4, 0.5) is 37.7 Å². The summed E-state index contributed by atoms with van der Waals surface area (Å²) in [6.07, 6.45) is 9.88. The molecule has 0 spiro atoms. The number of benzene rings is 4.